The van der Waals surface area contributed by atoms with Crippen LogP contribution in [0, 0.1) is 11.6 Å². The van der Waals surface area contributed by atoms with E-state index in [4.69, 9.17) is 19.9 Å². The second-order valence-corrected chi connectivity index (χ2v) is 21.7. The number of nitrogens with two attached hydrogens (primary N) is 1. The number of phenolic OH excluding ortho intramolecular Hbond substituents is 2. The zero-order valence-corrected chi connectivity index (χ0v) is 44.2. The third-order valence-corrected chi connectivity index (χ3v) is 16.3. The van der Waals surface area contributed by atoms with Crippen LogP contribution in [0.2, 0.25) is 0 Å². The van der Waals surface area contributed by atoms with Gasteiger partial charge in [-0.2, -0.15) is 19.9 Å². The number of carbonyl (C=O) groups is 1. The van der Waals surface area contributed by atoms with Crippen molar-refractivity contribution >= 4 is 60.9 Å². The molecule has 0 atom stereocenters. The van der Waals surface area contributed by atoms with Crippen molar-refractivity contribution < 1.29 is 38.0 Å². The monoisotopic (exact) mass is 1060 g/mol. The summed E-state index contributed by atoms with van der Waals surface area (Å²) in [6.07, 6.45) is 12.7. The largest absolute Gasteiger partial charge is 0.508 e. The van der Waals surface area contributed by atoms with Gasteiger partial charge in [-0.3, -0.25) is 24.6 Å². The molecule has 4 saturated heterocycles. The van der Waals surface area contributed by atoms with Crippen LogP contribution in [0.4, 0.5) is 20.4 Å². The lowest BCUT2D eigenvalue weighted by atomic mass is 9.95. The molecule has 406 valence electrons. The van der Waals surface area contributed by atoms with Crippen LogP contribution < -0.4 is 25.8 Å². The molecular weight excluding hydrogens is 997 g/mol. The number of primary amides is 1. The van der Waals surface area contributed by atoms with Crippen LogP contribution in [-0.2, 0) is 9.53 Å². The second kappa shape index (κ2) is 21.7. The maximum Gasteiger partial charge on any atom is 0.319 e. The molecule has 4 aliphatic rings. The Labute approximate surface area is 450 Å². The summed E-state index contributed by atoms with van der Waals surface area (Å²) in [6, 6.07) is 21.5. The fraction of sp³-hybridized carbons (Fsp3) is 0.407. The number of aromatic hydroxyl groups is 2. The number of aromatic nitrogens is 6. The topological polar surface area (TPSA) is 219 Å². The second-order valence-electron chi connectivity index (χ2n) is 21.7. The number of carbonyl (C=O) groups excluding carboxylic acids is 1. The molecule has 4 fully saturated rings. The van der Waals surface area contributed by atoms with E-state index in [2.05, 4.69) is 50.3 Å². The number of rotatable bonds is 17. The number of anilines is 2. The SMILES string of the molecule is COC(C)(C)CCNc1nc(OCC23CCCN2CCC3)nc2c(F)c(-c3cc(O)cc4ccccc34)ncc12.NC(=O)CCNc1nc(OCC23CCCN2CCC3)nc2c(F)c(-c3cc(O)cc4ccccc34)ncc12. The average molecular weight is 1060 g/mol. The van der Waals surface area contributed by atoms with E-state index in [9.17, 15) is 15.0 Å². The maximum atomic E-state index is 16.3. The summed E-state index contributed by atoms with van der Waals surface area (Å²) in [7, 11) is 1.69. The van der Waals surface area contributed by atoms with Crippen LogP contribution >= 0.6 is 0 Å². The van der Waals surface area contributed by atoms with Crippen molar-refractivity contribution in [3.8, 4) is 46.0 Å². The number of fused-ring (bicyclic) bond motifs is 6. The van der Waals surface area contributed by atoms with E-state index in [0.29, 0.717) is 59.7 Å². The molecule has 4 aromatic heterocycles. The number of pyridine rings is 2. The van der Waals surface area contributed by atoms with E-state index < -0.39 is 17.5 Å². The van der Waals surface area contributed by atoms with Gasteiger partial charge < -0.3 is 40.8 Å². The smallest absolute Gasteiger partial charge is 0.319 e. The van der Waals surface area contributed by atoms with Crippen molar-refractivity contribution in [3.63, 3.8) is 0 Å². The first-order chi connectivity index (χ1) is 37.7. The minimum atomic E-state index is -0.648. The minimum absolute atomic E-state index is 0.0107. The standard InChI is InChI=1S/C31H36FN5O3.C28H29FN6O3/c1-30(2,39-3)12-13-33-28-24-18-34-26(23-17-21(38)16-20-8-4-5-9-22(20)23)25(32)27(24)35-29(36-28)40-19-31-10-6-14-37(31)15-7-11-31;29-23-24(20-14-18(36)13-17-5-1-2-6-19(17)20)32-15-21-25(23)33-27(34-26(21)31-10-7-22(30)37)38-16-28-8-3-11-35(28)12-4-9-28/h4-5,8-9,16-18,38H,6-7,10-15,19H2,1-3H3,(H,33,35,36);1-2,5-6,13-15,36H,3-4,7-12,16H2,(H2,30,37)(H,31,33,34). The third kappa shape index (κ3) is 10.5. The Kier molecular flexibility index (Phi) is 14.6. The third-order valence-electron chi connectivity index (χ3n) is 16.3. The number of benzene rings is 4. The molecule has 8 heterocycles. The van der Waals surface area contributed by atoms with Gasteiger partial charge in [0.15, 0.2) is 11.6 Å². The molecule has 1 amide bonds. The Morgan fingerprint density at radius 3 is 1.53 bits per heavy atom. The summed E-state index contributed by atoms with van der Waals surface area (Å²) < 4.78 is 50.5. The van der Waals surface area contributed by atoms with E-state index in [-0.39, 0.29) is 75.6 Å². The molecule has 0 spiro atoms. The number of methoxy groups -OCH3 is 1. The summed E-state index contributed by atoms with van der Waals surface area (Å²) in [5, 5.41) is 31.0. The first-order valence-corrected chi connectivity index (χ1v) is 27.0. The minimum Gasteiger partial charge on any atom is -0.508 e. The zero-order chi connectivity index (χ0) is 54.2. The van der Waals surface area contributed by atoms with Crippen molar-refractivity contribution in [3.05, 3.63) is 96.8 Å². The van der Waals surface area contributed by atoms with Crippen LogP contribution in [0.25, 0.3) is 65.9 Å². The Balaban J connectivity index is 0.000000166. The highest BCUT2D eigenvalue weighted by Crippen LogP contribution is 2.42. The Morgan fingerprint density at radius 1 is 0.654 bits per heavy atom. The van der Waals surface area contributed by atoms with Crippen LogP contribution in [0.5, 0.6) is 23.5 Å². The first kappa shape index (κ1) is 52.4. The molecule has 0 unspecified atom stereocenters. The molecule has 19 heteroatoms. The van der Waals surface area contributed by atoms with Gasteiger partial charge in [0.1, 0.15) is 58.8 Å². The molecule has 4 aliphatic heterocycles. The van der Waals surface area contributed by atoms with E-state index in [0.717, 1.165) is 99.1 Å². The maximum absolute atomic E-state index is 16.3. The molecule has 12 rings (SSSR count). The predicted molar refractivity (Wildman–Crippen MR) is 297 cm³/mol. The summed E-state index contributed by atoms with van der Waals surface area (Å²) in [6.45, 7) is 10.0. The molecule has 0 aliphatic carbocycles. The number of hydrogen-bond donors (Lipinski definition) is 5. The van der Waals surface area contributed by atoms with E-state index in [1.807, 2.05) is 62.4 Å². The van der Waals surface area contributed by atoms with E-state index in [1.165, 1.54) is 18.3 Å². The fourth-order valence-corrected chi connectivity index (χ4v) is 12.0. The molecule has 4 aromatic carbocycles. The summed E-state index contributed by atoms with van der Waals surface area (Å²) in [5.74, 6) is -0.849. The number of nitrogens with zero attached hydrogens (tertiary/aromatic N) is 8. The van der Waals surface area contributed by atoms with Gasteiger partial charge in [-0.15, -0.1) is 0 Å². The van der Waals surface area contributed by atoms with Crippen LogP contribution in [0.1, 0.15) is 78.1 Å². The highest BCUT2D eigenvalue weighted by Gasteiger charge is 2.46. The lowest BCUT2D eigenvalue weighted by Gasteiger charge is -2.31. The molecule has 8 aromatic rings. The molecule has 17 nitrogen and oxygen atoms in total. The van der Waals surface area contributed by atoms with Crippen molar-refractivity contribution in [2.45, 2.75) is 94.7 Å². The van der Waals surface area contributed by atoms with Gasteiger partial charge in [0.25, 0.3) is 0 Å². The Hall–Kier alpha value is -7.61. The van der Waals surface area contributed by atoms with Crippen LogP contribution in [-0.4, -0.2) is 132 Å². The van der Waals surface area contributed by atoms with Gasteiger partial charge in [0.05, 0.1) is 27.5 Å². The van der Waals surface area contributed by atoms with Gasteiger partial charge in [-0.1, -0.05) is 48.5 Å². The molecule has 0 radical (unpaired) electrons. The summed E-state index contributed by atoms with van der Waals surface area (Å²) in [5.41, 5.74) is 6.26. The van der Waals surface area contributed by atoms with Gasteiger partial charge in [-0.05, 0) is 144 Å². The van der Waals surface area contributed by atoms with E-state index in [1.54, 1.807) is 25.4 Å². The first-order valence-electron chi connectivity index (χ1n) is 27.0. The van der Waals surface area contributed by atoms with Crippen LogP contribution in [0.15, 0.2) is 85.2 Å². The molecular formula is C59H65F2N11O6. The van der Waals surface area contributed by atoms with Crippen molar-refractivity contribution in [1.82, 2.24) is 39.7 Å². The Morgan fingerprint density at radius 2 is 1.09 bits per heavy atom. The molecule has 0 bridgehead atoms. The summed E-state index contributed by atoms with van der Waals surface area (Å²) >= 11 is 0. The quantitative estimate of drug-likeness (QED) is 0.0573. The number of phenols is 2. The zero-order valence-electron chi connectivity index (χ0n) is 44.2. The van der Waals surface area contributed by atoms with Gasteiger partial charge >= 0.3 is 12.0 Å². The molecule has 6 N–H and O–H groups in total. The number of halogens is 2. The van der Waals surface area contributed by atoms with Gasteiger partial charge in [0.2, 0.25) is 5.91 Å². The highest BCUT2D eigenvalue weighted by molar-refractivity contribution is 6.01. The van der Waals surface area contributed by atoms with Gasteiger partial charge in [-0.25, -0.2) is 8.78 Å². The van der Waals surface area contributed by atoms with Gasteiger partial charge in [0, 0.05) is 50.1 Å². The Bertz CT molecular complexity index is 3550. The number of nitrogens with one attached hydrogen (secondary N) is 2. The van der Waals surface area contributed by atoms with Crippen molar-refractivity contribution in [2.24, 2.45) is 5.73 Å². The normalized spacial score (nSPS) is 16.8. The molecule has 78 heavy (non-hydrogen) atoms. The molecule has 0 saturated carbocycles. The fourth-order valence-electron chi connectivity index (χ4n) is 12.0. The lowest BCUT2D eigenvalue weighted by molar-refractivity contribution is -0.117. The van der Waals surface area contributed by atoms with E-state index >= 15 is 8.78 Å². The van der Waals surface area contributed by atoms with Crippen molar-refractivity contribution in [2.75, 3.05) is 70.2 Å². The summed E-state index contributed by atoms with van der Waals surface area (Å²) in [4.78, 5) is 43.4. The number of ether oxygens (including phenoxy) is 3. The van der Waals surface area contributed by atoms with Crippen LogP contribution in [0.3, 0.4) is 0 Å². The lowest BCUT2D eigenvalue weighted by Crippen LogP contribution is -2.43. The predicted octanol–water partition coefficient (Wildman–Crippen LogP) is 9.91. The van der Waals surface area contributed by atoms with Crippen molar-refractivity contribution in [1.29, 1.82) is 0 Å². The average Bonchev–Trinajstić information content (AvgIpc) is 4.35. The highest BCUT2D eigenvalue weighted by atomic mass is 19.1. The number of hydrogen-bond acceptors (Lipinski definition) is 16. The number of amides is 1.